The SMILES string of the molecule is CC(C)c1cnc(C(=O)CC2CCC(Oc3ccc(C#N)c(Cl)c3)CC2)cn1.CC(C)c1cnc(C(=O)CC2CCC(Oc3ccc(C#N)c(Cl)c3)CC2)nc1.CC(C)c1ncc(C2CCC(Oc3ccc(C#N)c(Cl)c3)CC2)[nH]1. The number of halogens is 3. The Balaban J connectivity index is 0.000000174. The van der Waals surface area contributed by atoms with Crippen LogP contribution in [0.1, 0.15) is 216 Å². The molecule has 3 aliphatic rings. The second-order valence-electron chi connectivity index (χ2n) is 22.0. The monoisotopic (exact) mass is 1140 g/mol. The van der Waals surface area contributed by atoms with Crippen LogP contribution >= 0.6 is 34.8 Å². The third-order valence-electron chi connectivity index (χ3n) is 15.0. The highest BCUT2D eigenvalue weighted by atomic mass is 35.5. The molecular formula is C63H70Cl3N9O5. The molecule has 0 unspecified atom stereocenters. The van der Waals surface area contributed by atoms with Gasteiger partial charge in [0, 0.05) is 73.4 Å². The highest BCUT2D eigenvalue weighted by Crippen LogP contribution is 2.36. The van der Waals surface area contributed by atoms with Crippen LogP contribution in [0.15, 0.2) is 85.6 Å². The molecule has 0 radical (unpaired) electrons. The number of rotatable bonds is 16. The smallest absolute Gasteiger partial charge is 0.200 e. The number of ketones is 2. The van der Waals surface area contributed by atoms with Crippen molar-refractivity contribution in [1.29, 1.82) is 15.8 Å². The van der Waals surface area contributed by atoms with Gasteiger partial charge in [0.15, 0.2) is 17.4 Å². The van der Waals surface area contributed by atoms with Gasteiger partial charge in [-0.15, -0.1) is 0 Å². The van der Waals surface area contributed by atoms with Crippen LogP contribution in [-0.4, -0.2) is 59.8 Å². The zero-order chi connectivity index (χ0) is 57.3. The zero-order valence-electron chi connectivity index (χ0n) is 46.4. The van der Waals surface area contributed by atoms with Crippen molar-refractivity contribution in [1.82, 2.24) is 29.9 Å². The Bertz CT molecular complexity index is 2990. The second kappa shape index (κ2) is 29.5. The first-order valence-electron chi connectivity index (χ1n) is 27.8. The van der Waals surface area contributed by atoms with Crippen LogP contribution in [0.3, 0.4) is 0 Å². The number of hydrogen-bond donors (Lipinski definition) is 1. The minimum Gasteiger partial charge on any atom is -0.490 e. The quantitative estimate of drug-likeness (QED) is 0.0894. The molecule has 3 aromatic carbocycles. The Morgan fingerprint density at radius 2 is 0.963 bits per heavy atom. The van der Waals surface area contributed by atoms with Gasteiger partial charge in [0.05, 0.1) is 62.0 Å². The molecule has 3 aliphatic carbocycles. The normalized spacial score (nSPS) is 19.7. The Morgan fingerprint density at radius 3 is 1.32 bits per heavy atom. The van der Waals surface area contributed by atoms with Crippen molar-refractivity contribution in [2.75, 3.05) is 0 Å². The predicted octanol–water partition coefficient (Wildman–Crippen LogP) is 15.8. The van der Waals surface area contributed by atoms with E-state index in [-0.39, 0.29) is 29.9 Å². The summed E-state index contributed by atoms with van der Waals surface area (Å²) in [4.78, 5) is 50.0. The Labute approximate surface area is 485 Å². The molecule has 1 N–H and O–H groups in total. The van der Waals surface area contributed by atoms with Crippen LogP contribution in [0.5, 0.6) is 17.2 Å². The van der Waals surface area contributed by atoms with Gasteiger partial charge < -0.3 is 19.2 Å². The van der Waals surface area contributed by atoms with Crippen molar-refractivity contribution >= 4 is 46.4 Å². The van der Waals surface area contributed by atoms with Gasteiger partial charge >= 0.3 is 0 Å². The maximum atomic E-state index is 12.5. The van der Waals surface area contributed by atoms with E-state index in [9.17, 15) is 9.59 Å². The van der Waals surface area contributed by atoms with Gasteiger partial charge in [-0.2, -0.15) is 15.8 Å². The van der Waals surface area contributed by atoms with E-state index in [1.807, 2.05) is 24.4 Å². The molecule has 80 heavy (non-hydrogen) atoms. The van der Waals surface area contributed by atoms with Gasteiger partial charge in [0.25, 0.3) is 0 Å². The molecule has 3 fully saturated rings. The number of hydrogen-bond acceptors (Lipinski definition) is 13. The van der Waals surface area contributed by atoms with E-state index in [0.29, 0.717) is 103 Å². The topological polar surface area (TPSA) is 213 Å². The molecule has 6 aromatic rings. The second-order valence-corrected chi connectivity index (χ2v) is 23.2. The Kier molecular flexibility index (Phi) is 22.4. The summed E-state index contributed by atoms with van der Waals surface area (Å²) in [5.74, 6) is 5.87. The highest BCUT2D eigenvalue weighted by Gasteiger charge is 2.28. The average molecular weight is 1140 g/mol. The van der Waals surface area contributed by atoms with Gasteiger partial charge in [0.2, 0.25) is 0 Å². The molecule has 14 nitrogen and oxygen atoms in total. The van der Waals surface area contributed by atoms with Crippen molar-refractivity contribution < 1.29 is 23.8 Å². The van der Waals surface area contributed by atoms with Crippen LogP contribution in [0.4, 0.5) is 0 Å². The molecule has 0 aliphatic heterocycles. The standard InChI is InChI=1S/2C22H24ClN3O2.C19H22ClN3O/c1-14(2)17-12-25-22(26-13-17)21(27)9-15-3-6-18(7-4-15)28-19-8-5-16(11-24)20(23)10-19;1-14(2)20-12-26-21(13-25-20)22(27)9-15-3-6-17(7-4-15)28-18-8-5-16(11-24)19(23)10-18;1-12(2)19-22-11-18(23-19)13-3-6-15(7-4-13)24-16-8-5-14(10-21)17(20)9-16/h5,8,10,12-15,18H,3-4,6-7,9H2,1-2H3;5,8,10,12-15,17H,3-4,6-7,9H2,1-2H3;5,8-9,11-13,15H,3-4,6-7H2,1-2H3,(H,22,23). The first-order valence-corrected chi connectivity index (χ1v) is 29.0. The third kappa shape index (κ3) is 17.6. The third-order valence-corrected chi connectivity index (χ3v) is 16.0. The fraction of sp³-hybridized carbons (Fsp3) is 0.460. The molecule has 0 spiro atoms. The van der Waals surface area contributed by atoms with E-state index in [0.717, 1.165) is 99.9 Å². The Morgan fingerprint density at radius 1 is 0.525 bits per heavy atom. The number of ether oxygens (including phenoxy) is 3. The number of carbonyl (C=O) groups is 2. The molecule has 3 aromatic heterocycles. The van der Waals surface area contributed by atoms with E-state index >= 15 is 0 Å². The van der Waals surface area contributed by atoms with Crippen LogP contribution < -0.4 is 14.2 Å². The summed E-state index contributed by atoms with van der Waals surface area (Å²) >= 11 is 18.2. The number of imidazole rings is 1. The number of aromatic amines is 1. The van der Waals surface area contributed by atoms with Crippen molar-refractivity contribution in [3.05, 3.63) is 152 Å². The fourth-order valence-corrected chi connectivity index (χ4v) is 10.7. The van der Waals surface area contributed by atoms with Gasteiger partial charge in [-0.3, -0.25) is 14.6 Å². The van der Waals surface area contributed by atoms with Gasteiger partial charge in [-0.05, 0) is 143 Å². The van der Waals surface area contributed by atoms with Crippen molar-refractivity contribution in [2.24, 2.45) is 11.8 Å². The number of carbonyl (C=O) groups excluding carboxylic acids is 2. The molecule has 418 valence electrons. The lowest BCUT2D eigenvalue weighted by molar-refractivity contribution is 0.0889. The molecule has 0 atom stereocenters. The van der Waals surface area contributed by atoms with E-state index in [1.54, 1.807) is 73.3 Å². The van der Waals surface area contributed by atoms with Crippen LogP contribution in [0, 0.1) is 45.8 Å². The van der Waals surface area contributed by atoms with Crippen molar-refractivity contribution in [3.8, 4) is 35.5 Å². The van der Waals surface area contributed by atoms with Crippen molar-refractivity contribution in [3.63, 3.8) is 0 Å². The first-order chi connectivity index (χ1) is 38.5. The maximum absolute atomic E-state index is 12.5. The lowest BCUT2D eigenvalue weighted by atomic mass is 9.84. The minimum atomic E-state index is 0.0125. The fourth-order valence-electron chi connectivity index (χ4n) is 10.1. The summed E-state index contributed by atoms with van der Waals surface area (Å²) in [5, 5.41) is 28.1. The molecular weight excluding hydrogens is 1070 g/mol. The first kappa shape index (κ1) is 60.7. The van der Waals surface area contributed by atoms with Crippen LogP contribution in [0.25, 0.3) is 0 Å². The molecule has 0 bridgehead atoms. The van der Waals surface area contributed by atoms with Crippen LogP contribution in [-0.2, 0) is 0 Å². The number of nitriles is 3. The molecule has 9 rings (SSSR count). The zero-order valence-corrected chi connectivity index (χ0v) is 48.7. The van der Waals surface area contributed by atoms with E-state index in [4.69, 9.17) is 64.8 Å². The van der Waals surface area contributed by atoms with Gasteiger partial charge in [0.1, 0.15) is 47.0 Å². The lowest BCUT2D eigenvalue weighted by Gasteiger charge is -2.28. The number of aromatic nitrogens is 6. The largest absolute Gasteiger partial charge is 0.490 e. The summed E-state index contributed by atoms with van der Waals surface area (Å²) < 4.78 is 18.1. The lowest BCUT2D eigenvalue weighted by Crippen LogP contribution is -2.25. The summed E-state index contributed by atoms with van der Waals surface area (Å²) in [7, 11) is 0. The molecule has 0 saturated heterocycles. The molecule has 0 amide bonds. The van der Waals surface area contributed by atoms with E-state index in [2.05, 4.69) is 77.5 Å². The number of nitrogens with one attached hydrogen (secondary N) is 1. The Hall–Kier alpha value is -6.89. The molecule has 3 saturated carbocycles. The summed E-state index contributed by atoms with van der Waals surface area (Å²) in [6.07, 6.45) is 21.7. The van der Waals surface area contributed by atoms with Crippen LogP contribution in [0.2, 0.25) is 15.1 Å². The summed E-state index contributed by atoms with van der Waals surface area (Å²) in [6.45, 7) is 12.6. The number of H-pyrrole nitrogens is 1. The van der Waals surface area contributed by atoms with E-state index in [1.165, 1.54) is 5.69 Å². The van der Waals surface area contributed by atoms with Gasteiger partial charge in [-0.1, -0.05) is 76.3 Å². The number of Topliss-reactive ketones (excluding diaryl/α,β-unsaturated/α-hetero) is 2. The molecule has 17 heteroatoms. The van der Waals surface area contributed by atoms with Crippen molar-refractivity contribution in [2.45, 2.75) is 173 Å². The minimum absolute atomic E-state index is 0.0125. The summed E-state index contributed by atoms with van der Waals surface area (Å²) in [6, 6.07) is 21.7. The number of nitrogens with zero attached hydrogens (tertiary/aromatic N) is 8. The van der Waals surface area contributed by atoms with E-state index < -0.39 is 0 Å². The molecule has 3 heterocycles. The number of benzene rings is 3. The van der Waals surface area contributed by atoms with Gasteiger partial charge in [-0.25, -0.2) is 19.9 Å². The maximum Gasteiger partial charge on any atom is 0.200 e. The average Bonchev–Trinajstić information content (AvgIpc) is 3.97. The highest BCUT2D eigenvalue weighted by molar-refractivity contribution is 6.32. The summed E-state index contributed by atoms with van der Waals surface area (Å²) in [5.41, 5.74) is 5.01. The predicted molar refractivity (Wildman–Crippen MR) is 310 cm³/mol.